The van der Waals surface area contributed by atoms with Gasteiger partial charge in [0.2, 0.25) is 5.91 Å². The number of anilines is 1. The number of aromatic nitrogens is 1. The molecule has 0 spiro atoms. The Kier molecular flexibility index (Phi) is 3.48. The molecule has 19 heavy (non-hydrogen) atoms. The van der Waals surface area contributed by atoms with Gasteiger partial charge < -0.3 is 10.6 Å². The molecule has 0 bridgehead atoms. The zero-order chi connectivity index (χ0) is 13.2. The van der Waals surface area contributed by atoms with Gasteiger partial charge in [-0.2, -0.15) is 0 Å². The molecule has 2 heterocycles. The van der Waals surface area contributed by atoms with Crippen molar-refractivity contribution in [1.29, 1.82) is 0 Å². The van der Waals surface area contributed by atoms with Crippen molar-refractivity contribution >= 4 is 33.1 Å². The summed E-state index contributed by atoms with van der Waals surface area (Å²) in [4.78, 5) is 16.6. The molecule has 0 radical (unpaired) electrons. The van der Waals surface area contributed by atoms with Crippen LogP contribution in [0.15, 0.2) is 18.2 Å². The van der Waals surface area contributed by atoms with E-state index in [1.54, 1.807) is 11.3 Å². The van der Waals surface area contributed by atoms with Gasteiger partial charge in [-0.3, -0.25) is 4.79 Å². The predicted octanol–water partition coefficient (Wildman–Crippen LogP) is 2.54. The van der Waals surface area contributed by atoms with E-state index >= 15 is 0 Å². The van der Waals surface area contributed by atoms with E-state index in [2.05, 4.69) is 15.6 Å². The Morgan fingerprint density at radius 3 is 3.21 bits per heavy atom. The van der Waals surface area contributed by atoms with Gasteiger partial charge in [0, 0.05) is 12.2 Å². The molecule has 1 atom stereocenters. The lowest BCUT2D eigenvalue weighted by atomic mass is 9.99. The van der Waals surface area contributed by atoms with Crippen molar-refractivity contribution in [3.8, 4) is 0 Å². The fourth-order valence-corrected chi connectivity index (χ4v) is 3.30. The number of hydrogen-bond acceptors (Lipinski definition) is 4. The molecule has 1 fully saturated rings. The second kappa shape index (κ2) is 5.27. The monoisotopic (exact) mass is 275 g/mol. The van der Waals surface area contributed by atoms with E-state index in [9.17, 15) is 4.79 Å². The smallest absolute Gasteiger partial charge is 0.228 e. The van der Waals surface area contributed by atoms with Gasteiger partial charge in [-0.25, -0.2) is 4.98 Å². The first-order chi connectivity index (χ1) is 9.22. The summed E-state index contributed by atoms with van der Waals surface area (Å²) in [6.07, 6.45) is 2.05. The molecule has 1 aromatic carbocycles. The minimum Gasteiger partial charge on any atom is -0.326 e. The molecule has 100 valence electrons. The van der Waals surface area contributed by atoms with E-state index in [-0.39, 0.29) is 11.8 Å². The fraction of sp³-hybridized carbons (Fsp3) is 0.429. The van der Waals surface area contributed by atoms with Gasteiger partial charge >= 0.3 is 0 Å². The van der Waals surface area contributed by atoms with Gasteiger partial charge in [0.15, 0.2) is 0 Å². The normalized spacial score (nSPS) is 19.5. The van der Waals surface area contributed by atoms with E-state index in [1.165, 1.54) is 0 Å². The number of nitrogens with zero attached hydrogens (tertiary/aromatic N) is 1. The molecule has 1 aromatic heterocycles. The number of amides is 1. The summed E-state index contributed by atoms with van der Waals surface area (Å²) < 4.78 is 1.12. The minimum absolute atomic E-state index is 0.0904. The Labute approximate surface area is 116 Å². The number of fused-ring (bicyclic) bond motifs is 1. The summed E-state index contributed by atoms with van der Waals surface area (Å²) in [6, 6.07) is 5.90. The molecule has 2 N–H and O–H groups in total. The standard InChI is InChI=1S/C14H17N3OS/c1-9-16-12-5-4-11(7-13(12)19-9)17-14(18)10-3-2-6-15-8-10/h4-5,7,10,15H,2-3,6,8H2,1H3,(H,17,18)/t10-/m1/s1. The second-order valence-electron chi connectivity index (χ2n) is 4.95. The number of aryl methyl sites for hydroxylation is 1. The maximum atomic E-state index is 12.1. The average Bonchev–Trinajstić information content (AvgIpc) is 2.79. The molecule has 0 saturated carbocycles. The van der Waals surface area contributed by atoms with Crippen molar-refractivity contribution in [2.24, 2.45) is 5.92 Å². The lowest BCUT2D eigenvalue weighted by Crippen LogP contribution is -2.37. The first-order valence-electron chi connectivity index (χ1n) is 6.61. The number of piperidine rings is 1. The highest BCUT2D eigenvalue weighted by atomic mass is 32.1. The third-order valence-electron chi connectivity index (χ3n) is 3.43. The Hall–Kier alpha value is -1.46. The van der Waals surface area contributed by atoms with E-state index in [1.807, 2.05) is 25.1 Å². The quantitative estimate of drug-likeness (QED) is 0.885. The van der Waals surface area contributed by atoms with Gasteiger partial charge in [-0.05, 0) is 44.5 Å². The Morgan fingerprint density at radius 2 is 2.42 bits per heavy atom. The molecule has 3 rings (SSSR count). The van der Waals surface area contributed by atoms with Crippen LogP contribution < -0.4 is 10.6 Å². The molecule has 1 aliphatic heterocycles. The zero-order valence-electron chi connectivity index (χ0n) is 10.9. The van der Waals surface area contributed by atoms with E-state index < -0.39 is 0 Å². The first-order valence-corrected chi connectivity index (χ1v) is 7.43. The fourth-order valence-electron chi connectivity index (χ4n) is 2.44. The number of thiazole rings is 1. The molecule has 4 nitrogen and oxygen atoms in total. The second-order valence-corrected chi connectivity index (χ2v) is 6.18. The van der Waals surface area contributed by atoms with Crippen molar-refractivity contribution in [3.05, 3.63) is 23.2 Å². The first kappa shape index (κ1) is 12.6. The summed E-state index contributed by atoms with van der Waals surface area (Å²) in [7, 11) is 0. The summed E-state index contributed by atoms with van der Waals surface area (Å²) in [5, 5.41) is 7.33. The SMILES string of the molecule is Cc1nc2ccc(NC(=O)[C@@H]3CCCNC3)cc2s1. The van der Waals surface area contributed by atoms with Crippen molar-refractivity contribution in [2.45, 2.75) is 19.8 Å². The van der Waals surface area contributed by atoms with Crippen molar-refractivity contribution < 1.29 is 4.79 Å². The highest BCUT2D eigenvalue weighted by molar-refractivity contribution is 7.18. The molecule has 5 heteroatoms. The maximum absolute atomic E-state index is 12.1. The number of carbonyl (C=O) groups excluding carboxylic acids is 1. The molecule has 1 aliphatic rings. The van der Waals surface area contributed by atoms with Crippen LogP contribution in [0.2, 0.25) is 0 Å². The molecule has 1 saturated heterocycles. The lowest BCUT2D eigenvalue weighted by Gasteiger charge is -2.21. The molecule has 2 aromatic rings. The number of carbonyl (C=O) groups is 1. The Balaban J connectivity index is 1.74. The summed E-state index contributed by atoms with van der Waals surface area (Å²) in [5.74, 6) is 0.209. The van der Waals surface area contributed by atoms with Crippen LogP contribution in [0.5, 0.6) is 0 Å². The largest absolute Gasteiger partial charge is 0.326 e. The van der Waals surface area contributed by atoms with Crippen LogP contribution in [-0.2, 0) is 4.79 Å². The summed E-state index contributed by atoms with van der Waals surface area (Å²) in [5.41, 5.74) is 1.87. The van der Waals surface area contributed by atoms with Crippen LogP contribution in [0.1, 0.15) is 17.8 Å². The van der Waals surface area contributed by atoms with Crippen LogP contribution in [0, 0.1) is 12.8 Å². The van der Waals surface area contributed by atoms with Crippen molar-refractivity contribution in [3.63, 3.8) is 0 Å². The molecule has 0 unspecified atom stereocenters. The van der Waals surface area contributed by atoms with Gasteiger partial charge in [0.05, 0.1) is 21.1 Å². The maximum Gasteiger partial charge on any atom is 0.228 e. The van der Waals surface area contributed by atoms with Crippen LogP contribution >= 0.6 is 11.3 Å². The average molecular weight is 275 g/mol. The Morgan fingerprint density at radius 1 is 1.53 bits per heavy atom. The van der Waals surface area contributed by atoms with E-state index in [4.69, 9.17) is 0 Å². The predicted molar refractivity (Wildman–Crippen MR) is 78.6 cm³/mol. The molecular weight excluding hydrogens is 258 g/mol. The molecule has 1 amide bonds. The van der Waals surface area contributed by atoms with E-state index in [0.29, 0.717) is 0 Å². The summed E-state index contributed by atoms with van der Waals surface area (Å²) in [6.45, 7) is 3.81. The van der Waals surface area contributed by atoms with Gasteiger partial charge in [-0.15, -0.1) is 11.3 Å². The summed E-state index contributed by atoms with van der Waals surface area (Å²) >= 11 is 1.65. The van der Waals surface area contributed by atoms with Crippen LogP contribution in [0.25, 0.3) is 10.2 Å². The third kappa shape index (κ3) is 2.77. The molecular formula is C14H17N3OS. The number of benzene rings is 1. The van der Waals surface area contributed by atoms with Crippen molar-refractivity contribution in [2.75, 3.05) is 18.4 Å². The number of hydrogen-bond donors (Lipinski definition) is 2. The van der Waals surface area contributed by atoms with Gasteiger partial charge in [-0.1, -0.05) is 0 Å². The van der Waals surface area contributed by atoms with Gasteiger partial charge in [0.25, 0.3) is 0 Å². The van der Waals surface area contributed by atoms with E-state index in [0.717, 1.165) is 46.8 Å². The van der Waals surface area contributed by atoms with Gasteiger partial charge in [0.1, 0.15) is 0 Å². The zero-order valence-corrected chi connectivity index (χ0v) is 11.7. The Bertz CT molecular complexity index is 602. The minimum atomic E-state index is 0.0904. The number of nitrogens with one attached hydrogen (secondary N) is 2. The topological polar surface area (TPSA) is 54.0 Å². The lowest BCUT2D eigenvalue weighted by molar-refractivity contribution is -0.120. The van der Waals surface area contributed by atoms with Crippen LogP contribution in [0.4, 0.5) is 5.69 Å². The highest BCUT2D eigenvalue weighted by Gasteiger charge is 2.20. The third-order valence-corrected chi connectivity index (χ3v) is 4.36. The molecule has 0 aliphatic carbocycles. The van der Waals surface area contributed by atoms with Crippen LogP contribution in [-0.4, -0.2) is 24.0 Å². The van der Waals surface area contributed by atoms with Crippen molar-refractivity contribution in [1.82, 2.24) is 10.3 Å². The number of rotatable bonds is 2. The van der Waals surface area contributed by atoms with Crippen LogP contribution in [0.3, 0.4) is 0 Å². The highest BCUT2D eigenvalue weighted by Crippen LogP contribution is 2.25.